The molecule has 0 amide bonds. The lowest BCUT2D eigenvalue weighted by atomic mass is 10.3. The molecule has 112 valence electrons. The van der Waals surface area contributed by atoms with Crippen LogP contribution in [0.25, 0.3) is 0 Å². The van der Waals surface area contributed by atoms with Crippen molar-refractivity contribution in [3.05, 3.63) is 57.2 Å². The molecule has 1 aromatic carbocycles. The van der Waals surface area contributed by atoms with Crippen LogP contribution in [0.2, 0.25) is 5.02 Å². The van der Waals surface area contributed by atoms with Gasteiger partial charge in [0, 0.05) is 6.20 Å². The normalized spacial score (nSPS) is 11.4. The molecule has 1 aromatic heterocycles. The number of aromatic amines is 1. The first-order valence-electron chi connectivity index (χ1n) is 5.27. The van der Waals surface area contributed by atoms with Crippen LogP contribution >= 0.6 is 11.6 Å². The molecule has 0 bridgehead atoms. The lowest BCUT2D eigenvalue weighted by molar-refractivity contribution is 0.449. The summed E-state index contributed by atoms with van der Waals surface area (Å²) in [5.41, 5.74) is -1.49. The number of hydrogen-bond acceptors (Lipinski definition) is 3. The topological polar surface area (TPSA) is 79.0 Å². The molecule has 2 N–H and O–H groups in total. The summed E-state index contributed by atoms with van der Waals surface area (Å²) in [6.07, 6.45) is 0.828. The molecule has 2 rings (SSSR count). The summed E-state index contributed by atoms with van der Waals surface area (Å²) in [4.78, 5) is 12.6. The van der Waals surface area contributed by atoms with Gasteiger partial charge in [-0.3, -0.25) is 9.52 Å². The molecule has 0 aliphatic rings. The highest BCUT2D eigenvalue weighted by Crippen LogP contribution is 2.23. The molecular formula is C11H6ClF3N2O3S. The van der Waals surface area contributed by atoms with Gasteiger partial charge < -0.3 is 4.98 Å². The van der Waals surface area contributed by atoms with Crippen molar-refractivity contribution in [1.29, 1.82) is 0 Å². The molecule has 0 radical (unpaired) electrons. The Hall–Kier alpha value is -2.00. The van der Waals surface area contributed by atoms with Crippen LogP contribution < -0.4 is 10.3 Å². The quantitative estimate of drug-likeness (QED) is 0.842. The third kappa shape index (κ3) is 3.03. The molecule has 0 saturated heterocycles. The summed E-state index contributed by atoms with van der Waals surface area (Å²) >= 11 is 5.48. The van der Waals surface area contributed by atoms with Crippen molar-refractivity contribution >= 4 is 27.3 Å². The molecular weight excluding hydrogens is 333 g/mol. The fourth-order valence-electron chi connectivity index (χ4n) is 1.40. The minimum Gasteiger partial charge on any atom is -0.326 e. The number of aromatic nitrogens is 1. The monoisotopic (exact) mass is 338 g/mol. The first kappa shape index (κ1) is 15.4. The van der Waals surface area contributed by atoms with Crippen LogP contribution in [-0.4, -0.2) is 13.4 Å². The maximum atomic E-state index is 13.4. The fourth-order valence-corrected chi connectivity index (χ4v) is 2.69. The smallest absolute Gasteiger partial charge is 0.266 e. The molecule has 0 spiro atoms. The zero-order valence-electron chi connectivity index (χ0n) is 9.95. The molecule has 2 aromatic rings. The zero-order chi connectivity index (χ0) is 15.8. The summed E-state index contributed by atoms with van der Waals surface area (Å²) in [7, 11) is -4.34. The van der Waals surface area contributed by atoms with Gasteiger partial charge in [0.1, 0.15) is 9.92 Å². The lowest BCUT2D eigenvalue weighted by Crippen LogP contribution is -2.17. The Morgan fingerprint density at radius 2 is 1.81 bits per heavy atom. The van der Waals surface area contributed by atoms with Crippen molar-refractivity contribution in [3.63, 3.8) is 0 Å². The highest BCUT2D eigenvalue weighted by atomic mass is 35.5. The van der Waals surface area contributed by atoms with Crippen LogP contribution in [0.15, 0.2) is 34.1 Å². The third-order valence-corrected chi connectivity index (χ3v) is 4.05. The van der Waals surface area contributed by atoms with Crippen molar-refractivity contribution in [2.45, 2.75) is 4.90 Å². The van der Waals surface area contributed by atoms with E-state index in [1.54, 1.807) is 4.72 Å². The third-order valence-electron chi connectivity index (χ3n) is 2.42. The predicted molar refractivity (Wildman–Crippen MR) is 69.2 cm³/mol. The summed E-state index contributed by atoms with van der Waals surface area (Å²) < 4.78 is 64.8. The Balaban J connectivity index is 2.44. The summed E-state index contributed by atoms with van der Waals surface area (Å²) in [5, 5.41) is -0.399. The number of pyridine rings is 1. The molecule has 21 heavy (non-hydrogen) atoms. The maximum Gasteiger partial charge on any atom is 0.266 e. The van der Waals surface area contributed by atoms with E-state index >= 15 is 0 Å². The molecule has 0 aliphatic carbocycles. The minimum atomic E-state index is -4.34. The van der Waals surface area contributed by atoms with Gasteiger partial charge >= 0.3 is 0 Å². The maximum absolute atomic E-state index is 13.4. The van der Waals surface area contributed by atoms with E-state index in [2.05, 4.69) is 4.98 Å². The number of nitrogens with one attached hydrogen (secondary N) is 2. The summed E-state index contributed by atoms with van der Waals surface area (Å²) in [6, 6.07) is 2.12. The minimum absolute atomic E-state index is 0.399. The van der Waals surface area contributed by atoms with E-state index in [1.165, 1.54) is 0 Å². The highest BCUT2D eigenvalue weighted by molar-refractivity contribution is 7.92. The van der Waals surface area contributed by atoms with Crippen molar-refractivity contribution in [2.75, 3.05) is 4.72 Å². The Labute approximate surface area is 121 Å². The number of hydrogen-bond donors (Lipinski definition) is 2. The van der Waals surface area contributed by atoms with Gasteiger partial charge in [-0.25, -0.2) is 21.6 Å². The van der Waals surface area contributed by atoms with Gasteiger partial charge in [-0.05, 0) is 18.2 Å². The zero-order valence-corrected chi connectivity index (χ0v) is 11.5. The number of halogens is 4. The van der Waals surface area contributed by atoms with E-state index in [1.807, 2.05) is 0 Å². The molecule has 10 heteroatoms. The Kier molecular flexibility index (Phi) is 3.97. The van der Waals surface area contributed by atoms with Crippen molar-refractivity contribution in [2.24, 2.45) is 0 Å². The van der Waals surface area contributed by atoms with Crippen LogP contribution in [0.1, 0.15) is 0 Å². The largest absolute Gasteiger partial charge is 0.326 e. The number of H-pyrrole nitrogens is 1. The predicted octanol–water partition coefficient (Wildman–Crippen LogP) is 2.25. The number of rotatable bonds is 3. The Bertz CT molecular complexity index is 868. The van der Waals surface area contributed by atoms with E-state index in [-0.39, 0.29) is 0 Å². The molecule has 5 nitrogen and oxygen atoms in total. The summed E-state index contributed by atoms with van der Waals surface area (Å²) in [5.74, 6) is -4.95. The van der Waals surface area contributed by atoms with Crippen LogP contribution in [0.3, 0.4) is 0 Å². The molecule has 0 saturated carbocycles. The fraction of sp³-hybridized carbons (Fsp3) is 0. The second-order valence-electron chi connectivity index (χ2n) is 3.84. The van der Waals surface area contributed by atoms with E-state index in [4.69, 9.17) is 11.6 Å². The summed E-state index contributed by atoms with van der Waals surface area (Å²) in [6.45, 7) is 0. The molecule has 0 aliphatic heterocycles. The first-order chi connectivity index (χ1) is 9.72. The Morgan fingerprint density at radius 3 is 2.43 bits per heavy atom. The molecule has 0 unspecified atom stereocenters. The SMILES string of the molecule is O=c1[nH]cc(S(=O)(=O)Nc2ccc(F)c(F)c2F)cc1Cl. The molecule has 0 fully saturated rings. The van der Waals surface area contributed by atoms with E-state index in [9.17, 15) is 26.4 Å². The van der Waals surface area contributed by atoms with Gasteiger partial charge in [0.2, 0.25) is 0 Å². The lowest BCUT2D eigenvalue weighted by Gasteiger charge is -2.09. The van der Waals surface area contributed by atoms with Crippen LogP contribution in [0.5, 0.6) is 0 Å². The molecule has 0 atom stereocenters. The highest BCUT2D eigenvalue weighted by Gasteiger charge is 2.20. The number of anilines is 1. The van der Waals surface area contributed by atoms with Crippen molar-refractivity contribution in [1.82, 2.24) is 4.98 Å². The van der Waals surface area contributed by atoms with E-state index in [0.717, 1.165) is 18.3 Å². The average molecular weight is 339 g/mol. The van der Waals surface area contributed by atoms with E-state index < -0.39 is 48.6 Å². The van der Waals surface area contributed by atoms with Gasteiger partial charge in [-0.1, -0.05) is 11.6 Å². The van der Waals surface area contributed by atoms with E-state index in [0.29, 0.717) is 6.07 Å². The van der Waals surface area contributed by atoms with Crippen LogP contribution in [0.4, 0.5) is 18.9 Å². The first-order valence-corrected chi connectivity index (χ1v) is 7.13. The number of benzene rings is 1. The average Bonchev–Trinajstić information content (AvgIpc) is 2.42. The second-order valence-corrected chi connectivity index (χ2v) is 5.93. The van der Waals surface area contributed by atoms with Crippen molar-refractivity contribution < 1.29 is 21.6 Å². The Morgan fingerprint density at radius 1 is 1.14 bits per heavy atom. The van der Waals surface area contributed by atoms with Crippen molar-refractivity contribution in [3.8, 4) is 0 Å². The van der Waals surface area contributed by atoms with Crippen LogP contribution in [-0.2, 0) is 10.0 Å². The van der Waals surface area contributed by atoms with Crippen LogP contribution in [0, 0.1) is 17.5 Å². The van der Waals surface area contributed by atoms with Gasteiger partial charge in [0.25, 0.3) is 15.6 Å². The second kappa shape index (κ2) is 5.41. The standard InChI is InChI=1S/C11H6ClF3N2O3S/c12-6-3-5(4-16-11(6)18)21(19,20)17-8-2-1-7(13)9(14)10(8)15/h1-4,17H,(H,16,18). The van der Waals surface area contributed by atoms with Gasteiger partial charge in [-0.2, -0.15) is 0 Å². The van der Waals surface area contributed by atoms with Gasteiger partial charge in [0.15, 0.2) is 17.5 Å². The van der Waals surface area contributed by atoms with Gasteiger partial charge in [0.05, 0.1) is 5.69 Å². The van der Waals surface area contributed by atoms with Gasteiger partial charge in [-0.15, -0.1) is 0 Å². The number of sulfonamides is 1. The molecule has 1 heterocycles.